The van der Waals surface area contributed by atoms with Gasteiger partial charge in [0.15, 0.2) is 0 Å². The summed E-state index contributed by atoms with van der Waals surface area (Å²) in [5.74, 6) is 0.0111. The lowest BCUT2D eigenvalue weighted by molar-refractivity contribution is -0.132. The summed E-state index contributed by atoms with van der Waals surface area (Å²) in [7, 11) is 0. The molecule has 1 aliphatic rings. The van der Waals surface area contributed by atoms with E-state index in [1.165, 1.54) is 6.42 Å². The van der Waals surface area contributed by atoms with Crippen molar-refractivity contribution in [2.75, 3.05) is 24.7 Å². The van der Waals surface area contributed by atoms with Crippen molar-refractivity contribution in [1.82, 2.24) is 0 Å². The summed E-state index contributed by atoms with van der Waals surface area (Å²) >= 11 is 0. The van der Waals surface area contributed by atoms with Gasteiger partial charge in [-0.2, -0.15) is 0 Å². The molecule has 4 heteroatoms. The molecule has 1 heterocycles. The number of carbonyl (C=O) groups excluding carboxylic acids is 1. The lowest BCUT2D eigenvalue weighted by Crippen LogP contribution is -2.41. The van der Waals surface area contributed by atoms with Crippen LogP contribution in [0.3, 0.4) is 0 Å². The van der Waals surface area contributed by atoms with Crippen LogP contribution >= 0.6 is 0 Å². The molecule has 1 saturated heterocycles. The number of carbonyl (C=O) groups is 1. The zero-order valence-electron chi connectivity index (χ0n) is 14.8. The van der Waals surface area contributed by atoms with E-state index in [0.717, 1.165) is 36.3 Å². The van der Waals surface area contributed by atoms with Gasteiger partial charge in [0.05, 0.1) is 12.7 Å². The summed E-state index contributed by atoms with van der Waals surface area (Å²) in [4.78, 5) is 14.6. The lowest BCUT2D eigenvalue weighted by atomic mass is 10.1. The van der Waals surface area contributed by atoms with E-state index in [-0.39, 0.29) is 12.0 Å². The highest BCUT2D eigenvalue weighted by molar-refractivity contribution is 5.97. The van der Waals surface area contributed by atoms with Gasteiger partial charge in [-0.25, -0.2) is 0 Å². The maximum absolute atomic E-state index is 12.8. The Labute approximate surface area is 139 Å². The summed E-state index contributed by atoms with van der Waals surface area (Å²) < 4.78 is 11.5. The average molecular weight is 319 g/mol. The van der Waals surface area contributed by atoms with E-state index in [2.05, 4.69) is 18.2 Å². The van der Waals surface area contributed by atoms with Gasteiger partial charge in [-0.1, -0.05) is 12.1 Å². The summed E-state index contributed by atoms with van der Waals surface area (Å²) in [6, 6.07) is 6.19. The van der Waals surface area contributed by atoms with Gasteiger partial charge in [0.1, 0.15) is 6.10 Å². The van der Waals surface area contributed by atoms with Crippen molar-refractivity contribution in [3.63, 3.8) is 0 Å². The quantitative estimate of drug-likeness (QED) is 0.803. The molecule has 1 aliphatic heterocycles. The van der Waals surface area contributed by atoms with E-state index in [1.54, 1.807) is 0 Å². The third-order valence-electron chi connectivity index (χ3n) is 4.39. The Morgan fingerprint density at radius 2 is 2.17 bits per heavy atom. The largest absolute Gasteiger partial charge is 0.376 e. The molecule has 2 atom stereocenters. The number of ether oxygens (including phenoxy) is 2. The summed E-state index contributed by atoms with van der Waals surface area (Å²) in [5, 5.41) is 0. The maximum Gasteiger partial charge on any atom is 0.255 e. The number of hydrogen-bond donors (Lipinski definition) is 0. The van der Waals surface area contributed by atoms with E-state index in [1.807, 2.05) is 32.6 Å². The molecule has 128 valence electrons. The number of anilines is 1. The van der Waals surface area contributed by atoms with Gasteiger partial charge >= 0.3 is 0 Å². The Morgan fingerprint density at radius 1 is 1.39 bits per heavy atom. The highest BCUT2D eigenvalue weighted by Crippen LogP contribution is 2.23. The Hall–Kier alpha value is -1.39. The second-order valence-electron chi connectivity index (χ2n) is 6.34. The Morgan fingerprint density at radius 3 is 2.83 bits per heavy atom. The van der Waals surface area contributed by atoms with E-state index in [4.69, 9.17) is 9.47 Å². The molecule has 4 nitrogen and oxygen atoms in total. The first-order chi connectivity index (χ1) is 11.0. The van der Waals surface area contributed by atoms with Gasteiger partial charge in [-0.15, -0.1) is 0 Å². The molecule has 2 rings (SSSR count). The Balaban J connectivity index is 1.99. The standard InChI is InChI=1S/C19H29NO3/c1-5-20(18-12-14(2)9-10-15(18)3)19(21)16(4)23-13-17-8-6-7-11-22-17/h9-10,12,16-17H,5-8,11,13H2,1-4H3. The van der Waals surface area contributed by atoms with Crippen LogP contribution in [0.25, 0.3) is 0 Å². The SMILES string of the molecule is CCN(C(=O)C(C)OCC1CCCCO1)c1cc(C)ccc1C. The summed E-state index contributed by atoms with van der Waals surface area (Å²) in [6.45, 7) is 9.84. The van der Waals surface area contributed by atoms with Crippen molar-refractivity contribution in [2.24, 2.45) is 0 Å². The average Bonchev–Trinajstić information content (AvgIpc) is 2.57. The molecule has 1 aromatic rings. The number of nitrogens with zero attached hydrogens (tertiary/aromatic N) is 1. The van der Waals surface area contributed by atoms with E-state index in [0.29, 0.717) is 13.2 Å². The first-order valence-corrected chi connectivity index (χ1v) is 8.64. The third kappa shape index (κ3) is 4.79. The molecule has 0 spiro atoms. The smallest absolute Gasteiger partial charge is 0.255 e. The zero-order valence-corrected chi connectivity index (χ0v) is 14.8. The minimum atomic E-state index is -0.458. The summed E-state index contributed by atoms with van der Waals surface area (Å²) in [5.41, 5.74) is 3.23. The predicted octanol–water partition coefficient (Wildman–Crippen LogP) is 3.63. The second-order valence-corrected chi connectivity index (χ2v) is 6.34. The van der Waals surface area contributed by atoms with E-state index in [9.17, 15) is 4.79 Å². The van der Waals surface area contributed by atoms with Gasteiger partial charge in [-0.3, -0.25) is 4.79 Å². The fraction of sp³-hybridized carbons (Fsp3) is 0.632. The minimum Gasteiger partial charge on any atom is -0.376 e. The van der Waals surface area contributed by atoms with Crippen LogP contribution in [-0.2, 0) is 14.3 Å². The molecule has 0 N–H and O–H groups in total. The minimum absolute atomic E-state index is 0.0111. The summed E-state index contributed by atoms with van der Waals surface area (Å²) in [6.07, 6.45) is 3.01. The zero-order chi connectivity index (χ0) is 16.8. The Bertz CT molecular complexity index is 523. The van der Waals surface area contributed by atoms with Crippen LogP contribution < -0.4 is 4.90 Å². The molecule has 2 unspecified atom stereocenters. The van der Waals surface area contributed by atoms with Crippen LogP contribution in [0.2, 0.25) is 0 Å². The van der Waals surface area contributed by atoms with E-state index < -0.39 is 6.10 Å². The third-order valence-corrected chi connectivity index (χ3v) is 4.39. The van der Waals surface area contributed by atoms with Gasteiger partial charge in [-0.05, 0) is 64.2 Å². The number of likely N-dealkylation sites (N-methyl/N-ethyl adjacent to an activating group) is 1. The molecule has 0 saturated carbocycles. The molecule has 0 aromatic heterocycles. The number of benzene rings is 1. The van der Waals surface area contributed by atoms with Crippen molar-refractivity contribution in [2.45, 2.75) is 59.2 Å². The van der Waals surface area contributed by atoms with Crippen molar-refractivity contribution in [1.29, 1.82) is 0 Å². The number of aryl methyl sites for hydroxylation is 2. The van der Waals surface area contributed by atoms with E-state index >= 15 is 0 Å². The van der Waals surface area contributed by atoms with Gasteiger partial charge in [0, 0.05) is 18.8 Å². The predicted molar refractivity (Wildman–Crippen MR) is 92.9 cm³/mol. The van der Waals surface area contributed by atoms with Crippen LogP contribution in [0.5, 0.6) is 0 Å². The monoisotopic (exact) mass is 319 g/mol. The van der Waals surface area contributed by atoms with Crippen molar-refractivity contribution in [3.8, 4) is 0 Å². The van der Waals surface area contributed by atoms with Crippen LogP contribution in [-0.4, -0.2) is 37.9 Å². The fourth-order valence-corrected chi connectivity index (χ4v) is 2.94. The number of amides is 1. The van der Waals surface area contributed by atoms with Crippen molar-refractivity contribution in [3.05, 3.63) is 29.3 Å². The molecule has 0 aliphatic carbocycles. The van der Waals surface area contributed by atoms with Crippen LogP contribution in [0.1, 0.15) is 44.2 Å². The molecule has 0 bridgehead atoms. The molecule has 1 fully saturated rings. The van der Waals surface area contributed by atoms with Crippen LogP contribution in [0.15, 0.2) is 18.2 Å². The second kappa shape index (κ2) is 8.46. The van der Waals surface area contributed by atoms with Crippen molar-refractivity contribution >= 4 is 11.6 Å². The first-order valence-electron chi connectivity index (χ1n) is 8.64. The van der Waals surface area contributed by atoms with Gasteiger partial charge < -0.3 is 14.4 Å². The Kier molecular flexibility index (Phi) is 6.60. The molecule has 1 aromatic carbocycles. The van der Waals surface area contributed by atoms with Crippen LogP contribution in [0.4, 0.5) is 5.69 Å². The first kappa shape index (κ1) is 18.0. The van der Waals surface area contributed by atoms with Crippen LogP contribution in [0, 0.1) is 13.8 Å². The normalized spacial score (nSPS) is 19.4. The van der Waals surface area contributed by atoms with Gasteiger partial charge in [0.25, 0.3) is 5.91 Å². The fourth-order valence-electron chi connectivity index (χ4n) is 2.94. The number of hydrogen-bond acceptors (Lipinski definition) is 3. The number of rotatable bonds is 6. The topological polar surface area (TPSA) is 38.8 Å². The van der Waals surface area contributed by atoms with Crippen molar-refractivity contribution < 1.29 is 14.3 Å². The molecular weight excluding hydrogens is 290 g/mol. The molecule has 1 amide bonds. The molecular formula is C19H29NO3. The molecule has 0 radical (unpaired) electrons. The lowest BCUT2D eigenvalue weighted by Gasteiger charge is -2.28. The highest BCUT2D eigenvalue weighted by atomic mass is 16.5. The highest BCUT2D eigenvalue weighted by Gasteiger charge is 2.24. The molecule has 23 heavy (non-hydrogen) atoms. The van der Waals surface area contributed by atoms with Gasteiger partial charge in [0.2, 0.25) is 0 Å². The maximum atomic E-state index is 12.8.